The first kappa shape index (κ1) is 28.9. The van der Waals surface area contributed by atoms with E-state index in [1.165, 1.54) is 23.1 Å². The molecule has 0 saturated carbocycles. The number of amides is 2. The number of hydrogen-bond acceptors (Lipinski definition) is 4. The number of nitrogens with zero attached hydrogens (tertiary/aromatic N) is 2. The van der Waals surface area contributed by atoms with Gasteiger partial charge in [-0.15, -0.1) is 0 Å². The summed E-state index contributed by atoms with van der Waals surface area (Å²) in [6.45, 7) is 7.16. The number of benzene rings is 2. The summed E-state index contributed by atoms with van der Waals surface area (Å²) in [7, 11) is -3.86. The summed E-state index contributed by atoms with van der Waals surface area (Å²) in [5.74, 6) is -0.795. The fraction of sp³-hybridized carbons (Fsp3) is 0.440. The summed E-state index contributed by atoms with van der Waals surface area (Å²) in [5, 5.41) is 3.42. The van der Waals surface area contributed by atoms with Crippen LogP contribution in [0.4, 0.5) is 5.69 Å². The molecule has 2 amide bonds. The molecule has 0 unspecified atom stereocenters. The van der Waals surface area contributed by atoms with Crippen LogP contribution >= 0.6 is 23.2 Å². The molecule has 1 N–H and O–H groups in total. The number of carbonyl (C=O) groups is 2. The smallest absolute Gasteiger partial charge is 0.244 e. The summed E-state index contributed by atoms with van der Waals surface area (Å²) in [4.78, 5) is 28.2. The van der Waals surface area contributed by atoms with Gasteiger partial charge in [0.25, 0.3) is 0 Å². The van der Waals surface area contributed by atoms with Crippen molar-refractivity contribution in [2.45, 2.75) is 52.1 Å². The molecule has 0 heterocycles. The van der Waals surface area contributed by atoms with Gasteiger partial charge < -0.3 is 10.2 Å². The molecule has 0 saturated heterocycles. The minimum Gasteiger partial charge on any atom is -0.350 e. The quantitative estimate of drug-likeness (QED) is 0.478. The van der Waals surface area contributed by atoms with Crippen molar-refractivity contribution in [3.8, 4) is 0 Å². The number of halogens is 2. The summed E-state index contributed by atoms with van der Waals surface area (Å²) < 4.78 is 26.2. The van der Waals surface area contributed by atoms with E-state index in [9.17, 15) is 18.0 Å². The highest BCUT2D eigenvalue weighted by Gasteiger charge is 2.32. The molecule has 0 bridgehead atoms. The van der Waals surface area contributed by atoms with Crippen molar-refractivity contribution in [3.05, 3.63) is 64.1 Å². The molecule has 2 aromatic carbocycles. The predicted octanol–water partition coefficient (Wildman–Crippen LogP) is 4.52. The highest BCUT2D eigenvalue weighted by Crippen LogP contribution is 2.27. The van der Waals surface area contributed by atoms with Crippen LogP contribution in [0, 0.1) is 0 Å². The van der Waals surface area contributed by atoms with E-state index >= 15 is 0 Å². The lowest BCUT2D eigenvalue weighted by molar-refractivity contribution is -0.140. The fourth-order valence-corrected chi connectivity index (χ4v) is 4.99. The van der Waals surface area contributed by atoms with Crippen molar-refractivity contribution in [3.63, 3.8) is 0 Å². The number of nitrogens with one attached hydrogen (secondary N) is 1. The molecule has 0 radical (unpaired) electrons. The molecule has 10 heteroatoms. The molecule has 0 aliphatic heterocycles. The topological polar surface area (TPSA) is 86.8 Å². The van der Waals surface area contributed by atoms with Gasteiger partial charge in [-0.2, -0.15) is 0 Å². The van der Waals surface area contributed by atoms with E-state index in [-0.39, 0.29) is 28.2 Å². The first-order valence-corrected chi connectivity index (χ1v) is 13.9. The zero-order valence-electron chi connectivity index (χ0n) is 20.7. The largest absolute Gasteiger partial charge is 0.350 e. The summed E-state index contributed by atoms with van der Waals surface area (Å²) >= 11 is 12.2. The lowest BCUT2D eigenvalue weighted by Gasteiger charge is -2.34. The monoisotopic (exact) mass is 541 g/mol. The standard InChI is InChI=1S/C25H33Cl2N3O4S/c1-6-22(24(32)28-25(2,3)4)29(13-12-18-10-8-7-9-11-18)23(31)17-30(35(5,33)34)21-15-19(26)14-20(27)16-21/h7-11,14-16,22H,6,12-13,17H2,1-5H3,(H,28,32)/t22-/m1/s1. The van der Waals surface area contributed by atoms with E-state index in [1.54, 1.807) is 0 Å². The van der Waals surface area contributed by atoms with Crippen molar-refractivity contribution < 1.29 is 18.0 Å². The molecule has 0 aliphatic rings. The van der Waals surface area contributed by atoms with Crippen LogP contribution in [0.2, 0.25) is 10.0 Å². The molecule has 2 aromatic rings. The number of sulfonamides is 1. The van der Waals surface area contributed by atoms with Crippen LogP contribution in [0.1, 0.15) is 39.7 Å². The second kappa shape index (κ2) is 12.1. The van der Waals surface area contributed by atoms with E-state index in [1.807, 2.05) is 58.0 Å². The van der Waals surface area contributed by atoms with Gasteiger partial charge in [-0.25, -0.2) is 8.42 Å². The third kappa shape index (κ3) is 9.02. The van der Waals surface area contributed by atoms with Crippen LogP contribution in [-0.4, -0.2) is 56.1 Å². The lowest BCUT2D eigenvalue weighted by atomic mass is 10.1. The van der Waals surface area contributed by atoms with Gasteiger partial charge in [-0.1, -0.05) is 60.5 Å². The highest BCUT2D eigenvalue weighted by molar-refractivity contribution is 7.92. The maximum Gasteiger partial charge on any atom is 0.244 e. The van der Waals surface area contributed by atoms with Gasteiger partial charge in [0.05, 0.1) is 11.9 Å². The third-order valence-electron chi connectivity index (χ3n) is 5.18. The Morgan fingerprint density at radius 3 is 2.09 bits per heavy atom. The Morgan fingerprint density at radius 1 is 1.03 bits per heavy atom. The number of hydrogen-bond donors (Lipinski definition) is 1. The first-order valence-electron chi connectivity index (χ1n) is 11.3. The molecular weight excluding hydrogens is 509 g/mol. The Morgan fingerprint density at radius 2 is 1.60 bits per heavy atom. The normalized spacial score (nSPS) is 12.7. The Bertz CT molecular complexity index is 1110. The van der Waals surface area contributed by atoms with Crippen molar-refractivity contribution >= 4 is 50.7 Å². The molecule has 0 aromatic heterocycles. The Hall–Kier alpha value is -2.29. The van der Waals surface area contributed by atoms with Gasteiger partial charge in [0.1, 0.15) is 12.6 Å². The van der Waals surface area contributed by atoms with Crippen LogP contribution in [0.25, 0.3) is 0 Å². The van der Waals surface area contributed by atoms with Gasteiger partial charge in [-0.05, 0) is 57.4 Å². The minimum atomic E-state index is -3.86. The average Bonchev–Trinajstić information content (AvgIpc) is 2.72. The minimum absolute atomic E-state index is 0.175. The lowest BCUT2D eigenvalue weighted by Crippen LogP contribution is -2.56. The van der Waals surface area contributed by atoms with Gasteiger partial charge in [0.15, 0.2) is 0 Å². The van der Waals surface area contributed by atoms with Crippen LogP contribution in [0.3, 0.4) is 0 Å². The molecular formula is C25H33Cl2N3O4S. The summed E-state index contributed by atoms with van der Waals surface area (Å²) in [6.07, 6.45) is 1.88. The van der Waals surface area contributed by atoms with E-state index in [2.05, 4.69) is 5.32 Å². The van der Waals surface area contributed by atoms with Crippen LogP contribution in [-0.2, 0) is 26.0 Å². The molecule has 192 valence electrons. The number of carbonyl (C=O) groups excluding carboxylic acids is 2. The van der Waals surface area contributed by atoms with Crippen LogP contribution in [0.15, 0.2) is 48.5 Å². The molecule has 0 fully saturated rings. The molecule has 2 rings (SSSR count). The Labute approximate surface area is 218 Å². The average molecular weight is 543 g/mol. The Kier molecular flexibility index (Phi) is 10.0. The zero-order chi connectivity index (χ0) is 26.4. The second-order valence-electron chi connectivity index (χ2n) is 9.38. The molecule has 1 atom stereocenters. The van der Waals surface area contributed by atoms with Crippen molar-refractivity contribution in [1.29, 1.82) is 0 Å². The fourth-order valence-electron chi connectivity index (χ4n) is 3.65. The number of anilines is 1. The van der Waals surface area contributed by atoms with Gasteiger partial charge in [0, 0.05) is 22.1 Å². The third-order valence-corrected chi connectivity index (χ3v) is 6.76. The first-order chi connectivity index (χ1) is 16.2. The maximum atomic E-state index is 13.6. The molecule has 7 nitrogen and oxygen atoms in total. The van der Waals surface area contributed by atoms with Crippen molar-refractivity contribution in [2.24, 2.45) is 0 Å². The van der Waals surface area contributed by atoms with E-state index in [0.29, 0.717) is 12.8 Å². The Balaban J connectivity index is 2.41. The van der Waals surface area contributed by atoms with Gasteiger partial charge in [0.2, 0.25) is 21.8 Å². The molecule has 35 heavy (non-hydrogen) atoms. The van der Waals surface area contributed by atoms with E-state index in [0.717, 1.165) is 16.1 Å². The summed E-state index contributed by atoms with van der Waals surface area (Å²) in [6, 6.07) is 13.2. The van der Waals surface area contributed by atoms with E-state index in [4.69, 9.17) is 23.2 Å². The number of rotatable bonds is 10. The van der Waals surface area contributed by atoms with Crippen LogP contribution < -0.4 is 9.62 Å². The molecule has 0 aliphatic carbocycles. The van der Waals surface area contributed by atoms with E-state index < -0.39 is 34.1 Å². The zero-order valence-corrected chi connectivity index (χ0v) is 23.0. The van der Waals surface area contributed by atoms with Crippen molar-refractivity contribution in [1.82, 2.24) is 10.2 Å². The second-order valence-corrected chi connectivity index (χ2v) is 12.2. The highest BCUT2D eigenvalue weighted by atomic mass is 35.5. The molecule has 0 spiro atoms. The maximum absolute atomic E-state index is 13.6. The van der Waals surface area contributed by atoms with Gasteiger partial charge in [-0.3, -0.25) is 13.9 Å². The van der Waals surface area contributed by atoms with Crippen LogP contribution in [0.5, 0.6) is 0 Å². The predicted molar refractivity (Wildman–Crippen MR) is 142 cm³/mol. The van der Waals surface area contributed by atoms with Gasteiger partial charge >= 0.3 is 0 Å². The SMILES string of the molecule is CC[C@H](C(=O)NC(C)(C)C)N(CCc1ccccc1)C(=O)CN(c1cc(Cl)cc(Cl)c1)S(C)(=O)=O. The summed E-state index contributed by atoms with van der Waals surface area (Å²) in [5.41, 5.74) is 0.682. The van der Waals surface area contributed by atoms with Crippen molar-refractivity contribution in [2.75, 3.05) is 23.7 Å².